The number of rotatable bonds is 8. The van der Waals surface area contributed by atoms with Crippen LogP contribution < -0.4 is 10.6 Å². The van der Waals surface area contributed by atoms with Crippen molar-refractivity contribution in [2.45, 2.75) is 50.8 Å². The van der Waals surface area contributed by atoms with Gasteiger partial charge in [0.2, 0.25) is 10.0 Å². The summed E-state index contributed by atoms with van der Waals surface area (Å²) in [4.78, 5) is 4.47. The molecule has 0 saturated heterocycles. The third-order valence-electron chi connectivity index (χ3n) is 4.25. The van der Waals surface area contributed by atoms with E-state index in [4.69, 9.17) is 4.74 Å². The lowest BCUT2D eigenvalue weighted by Crippen LogP contribution is -2.45. The Bertz CT molecular complexity index is 698. The SMILES string of the molecule is CN=C(NCc1ccc(S(=O)(=O)N(C)C(C)C)cc1)NCC(C)(C)OC. The quantitative estimate of drug-likeness (QED) is 0.528. The molecule has 0 radical (unpaired) electrons. The van der Waals surface area contributed by atoms with Crippen molar-refractivity contribution in [3.05, 3.63) is 29.8 Å². The van der Waals surface area contributed by atoms with Gasteiger partial charge in [-0.3, -0.25) is 4.99 Å². The fourth-order valence-corrected chi connectivity index (χ4v) is 3.37. The third kappa shape index (κ3) is 6.26. The standard InChI is InChI=1S/C18H32N4O3S/c1-14(2)22(6)26(23,24)16-10-8-15(9-11-16)12-20-17(19-5)21-13-18(3,4)25-7/h8-11,14H,12-13H2,1-7H3,(H2,19,20,21). The molecule has 1 rings (SSSR count). The van der Waals surface area contributed by atoms with Crippen molar-refractivity contribution < 1.29 is 13.2 Å². The summed E-state index contributed by atoms with van der Waals surface area (Å²) < 4.78 is 31.7. The highest BCUT2D eigenvalue weighted by atomic mass is 32.2. The van der Waals surface area contributed by atoms with Gasteiger partial charge >= 0.3 is 0 Å². The largest absolute Gasteiger partial charge is 0.377 e. The average Bonchev–Trinajstić information content (AvgIpc) is 2.61. The zero-order valence-electron chi connectivity index (χ0n) is 16.8. The number of nitrogens with one attached hydrogen (secondary N) is 2. The highest BCUT2D eigenvalue weighted by Gasteiger charge is 2.22. The first-order valence-electron chi connectivity index (χ1n) is 8.60. The van der Waals surface area contributed by atoms with Gasteiger partial charge < -0.3 is 15.4 Å². The Morgan fingerprint density at radius 2 is 1.81 bits per heavy atom. The number of guanidine groups is 1. The molecule has 0 amide bonds. The maximum Gasteiger partial charge on any atom is 0.243 e. The molecule has 0 atom stereocenters. The molecule has 0 aliphatic rings. The van der Waals surface area contributed by atoms with E-state index in [0.29, 0.717) is 23.9 Å². The van der Waals surface area contributed by atoms with Gasteiger partial charge in [-0.2, -0.15) is 4.31 Å². The predicted octanol–water partition coefficient (Wildman–Crippen LogP) is 1.81. The Hall–Kier alpha value is -1.64. The molecule has 0 saturated carbocycles. The number of hydrogen-bond donors (Lipinski definition) is 2. The molecule has 1 aromatic carbocycles. The number of methoxy groups -OCH3 is 1. The fraction of sp³-hybridized carbons (Fsp3) is 0.611. The second-order valence-corrected chi connectivity index (χ2v) is 9.00. The molecule has 148 valence electrons. The van der Waals surface area contributed by atoms with E-state index in [0.717, 1.165) is 5.56 Å². The van der Waals surface area contributed by atoms with Crippen molar-refractivity contribution in [3.8, 4) is 0 Å². The number of hydrogen-bond acceptors (Lipinski definition) is 4. The molecular weight excluding hydrogens is 352 g/mol. The molecule has 0 bridgehead atoms. The Morgan fingerprint density at radius 1 is 1.23 bits per heavy atom. The van der Waals surface area contributed by atoms with Crippen LogP contribution in [0.2, 0.25) is 0 Å². The second-order valence-electron chi connectivity index (χ2n) is 7.00. The lowest BCUT2D eigenvalue weighted by molar-refractivity contribution is 0.0268. The minimum Gasteiger partial charge on any atom is -0.377 e. The van der Waals surface area contributed by atoms with E-state index in [-0.39, 0.29) is 11.6 Å². The van der Waals surface area contributed by atoms with Crippen LogP contribution >= 0.6 is 0 Å². The zero-order valence-corrected chi connectivity index (χ0v) is 17.6. The van der Waals surface area contributed by atoms with Gasteiger partial charge in [0, 0.05) is 40.3 Å². The highest BCUT2D eigenvalue weighted by Crippen LogP contribution is 2.17. The summed E-state index contributed by atoms with van der Waals surface area (Å²) in [6.07, 6.45) is 0. The number of benzene rings is 1. The van der Waals surface area contributed by atoms with E-state index in [1.807, 2.05) is 27.7 Å². The molecule has 8 heteroatoms. The molecule has 0 spiro atoms. The molecule has 0 aliphatic heterocycles. The number of nitrogens with zero attached hydrogens (tertiary/aromatic N) is 2. The van der Waals surface area contributed by atoms with Crippen molar-refractivity contribution >= 4 is 16.0 Å². The molecule has 0 aromatic heterocycles. The minimum absolute atomic E-state index is 0.0907. The van der Waals surface area contributed by atoms with E-state index in [2.05, 4.69) is 15.6 Å². The lowest BCUT2D eigenvalue weighted by atomic mass is 10.1. The average molecular weight is 385 g/mol. The molecule has 0 heterocycles. The number of aliphatic imine (C=N–C) groups is 1. The number of sulfonamides is 1. The van der Waals surface area contributed by atoms with Crippen LogP contribution in [0.1, 0.15) is 33.3 Å². The van der Waals surface area contributed by atoms with E-state index in [1.165, 1.54) is 4.31 Å². The van der Waals surface area contributed by atoms with Crippen LogP contribution in [0.25, 0.3) is 0 Å². The fourth-order valence-electron chi connectivity index (χ4n) is 2.00. The van der Waals surface area contributed by atoms with Crippen LogP contribution in [0, 0.1) is 0 Å². The summed E-state index contributed by atoms with van der Waals surface area (Å²) in [6, 6.07) is 6.79. The van der Waals surface area contributed by atoms with Gasteiger partial charge in [-0.1, -0.05) is 12.1 Å². The monoisotopic (exact) mass is 384 g/mol. The van der Waals surface area contributed by atoms with Gasteiger partial charge in [-0.15, -0.1) is 0 Å². The second kappa shape index (κ2) is 9.34. The molecule has 0 aliphatic carbocycles. The molecule has 7 nitrogen and oxygen atoms in total. The van der Waals surface area contributed by atoms with Crippen LogP contribution in [0.4, 0.5) is 0 Å². The summed E-state index contributed by atoms with van der Waals surface area (Å²) in [5, 5.41) is 6.41. The van der Waals surface area contributed by atoms with Crippen molar-refractivity contribution in [2.75, 3.05) is 27.7 Å². The van der Waals surface area contributed by atoms with E-state index >= 15 is 0 Å². The first-order valence-corrected chi connectivity index (χ1v) is 10.0. The smallest absolute Gasteiger partial charge is 0.243 e. The van der Waals surface area contributed by atoms with E-state index < -0.39 is 10.0 Å². The van der Waals surface area contributed by atoms with Gasteiger partial charge in [0.05, 0.1) is 10.5 Å². The van der Waals surface area contributed by atoms with Crippen molar-refractivity contribution in [2.24, 2.45) is 4.99 Å². The summed E-state index contributed by atoms with van der Waals surface area (Å²) >= 11 is 0. The Kier molecular flexibility index (Phi) is 8.05. The van der Waals surface area contributed by atoms with Crippen molar-refractivity contribution in [1.82, 2.24) is 14.9 Å². The van der Waals surface area contributed by atoms with Crippen LogP contribution in [-0.4, -0.2) is 58.1 Å². The number of ether oxygens (including phenoxy) is 1. The zero-order chi connectivity index (χ0) is 20.0. The van der Waals surface area contributed by atoms with Crippen molar-refractivity contribution in [3.63, 3.8) is 0 Å². The maximum absolute atomic E-state index is 12.5. The van der Waals surface area contributed by atoms with Gasteiger partial charge in [0.1, 0.15) is 0 Å². The summed E-state index contributed by atoms with van der Waals surface area (Å²) in [6.45, 7) is 8.81. The van der Waals surface area contributed by atoms with E-state index in [1.54, 1.807) is 45.5 Å². The lowest BCUT2D eigenvalue weighted by Gasteiger charge is -2.24. The normalized spacial score (nSPS) is 13.3. The molecule has 2 N–H and O–H groups in total. The third-order valence-corrected chi connectivity index (χ3v) is 6.29. The predicted molar refractivity (Wildman–Crippen MR) is 106 cm³/mol. The summed E-state index contributed by atoms with van der Waals surface area (Å²) in [5.74, 6) is 0.659. The van der Waals surface area contributed by atoms with Crippen molar-refractivity contribution in [1.29, 1.82) is 0 Å². The Balaban J connectivity index is 2.70. The van der Waals surface area contributed by atoms with Gasteiger partial charge in [-0.25, -0.2) is 8.42 Å². The van der Waals surface area contributed by atoms with Crippen LogP contribution in [0.5, 0.6) is 0 Å². The molecule has 0 fully saturated rings. The highest BCUT2D eigenvalue weighted by molar-refractivity contribution is 7.89. The van der Waals surface area contributed by atoms with Crippen LogP contribution in [0.15, 0.2) is 34.2 Å². The van der Waals surface area contributed by atoms with Gasteiger partial charge in [0.15, 0.2) is 5.96 Å². The summed E-state index contributed by atoms with van der Waals surface area (Å²) in [5.41, 5.74) is 0.667. The topological polar surface area (TPSA) is 83.0 Å². The van der Waals surface area contributed by atoms with Gasteiger partial charge in [0.25, 0.3) is 0 Å². The Labute approximate surface area is 157 Å². The first kappa shape index (κ1) is 22.4. The first-order chi connectivity index (χ1) is 12.0. The van der Waals surface area contributed by atoms with E-state index in [9.17, 15) is 8.42 Å². The molecule has 1 aromatic rings. The van der Waals surface area contributed by atoms with Gasteiger partial charge in [-0.05, 0) is 45.4 Å². The van der Waals surface area contributed by atoms with Crippen LogP contribution in [0.3, 0.4) is 0 Å². The summed E-state index contributed by atoms with van der Waals surface area (Å²) in [7, 11) is 1.51. The molecule has 0 unspecified atom stereocenters. The Morgan fingerprint density at radius 3 is 2.27 bits per heavy atom. The maximum atomic E-state index is 12.5. The minimum atomic E-state index is -3.46. The molecule has 26 heavy (non-hydrogen) atoms. The van der Waals surface area contributed by atoms with Crippen LogP contribution in [-0.2, 0) is 21.3 Å². The molecular formula is C18H32N4O3S.